The third-order valence-corrected chi connectivity index (χ3v) is 3.63. The van der Waals surface area contributed by atoms with Gasteiger partial charge >= 0.3 is 5.97 Å². The van der Waals surface area contributed by atoms with Crippen molar-refractivity contribution in [3.63, 3.8) is 0 Å². The summed E-state index contributed by atoms with van der Waals surface area (Å²) < 4.78 is 1.07. The molecule has 0 radical (unpaired) electrons. The van der Waals surface area contributed by atoms with Crippen LogP contribution in [0.3, 0.4) is 0 Å². The summed E-state index contributed by atoms with van der Waals surface area (Å²) in [4.78, 5) is 36.4. The van der Waals surface area contributed by atoms with Gasteiger partial charge in [-0.3, -0.25) is 9.59 Å². The second-order valence-electron chi connectivity index (χ2n) is 5.08. The highest BCUT2D eigenvalue weighted by molar-refractivity contribution is 5.95. The smallest absolute Gasteiger partial charge is 0.326 e. The van der Waals surface area contributed by atoms with Crippen molar-refractivity contribution in [3.8, 4) is 0 Å². The molecule has 0 saturated carbocycles. The summed E-state index contributed by atoms with van der Waals surface area (Å²) in [5.41, 5.74) is -0.226. The fourth-order valence-corrected chi connectivity index (χ4v) is 2.56. The number of nitrogens with zero attached hydrogens (tertiary/aromatic N) is 3. The third-order valence-electron chi connectivity index (χ3n) is 3.63. The van der Waals surface area contributed by atoms with E-state index < -0.39 is 17.9 Å². The first kappa shape index (κ1) is 14.2. The average Bonchev–Trinajstić information content (AvgIpc) is 2.40. The van der Waals surface area contributed by atoms with E-state index in [-0.39, 0.29) is 17.2 Å². The van der Waals surface area contributed by atoms with Gasteiger partial charge in [0.15, 0.2) is 0 Å². The lowest BCUT2D eigenvalue weighted by Crippen LogP contribution is -2.52. The molecule has 1 aliphatic heterocycles. The zero-order valence-corrected chi connectivity index (χ0v) is 11.4. The molecule has 2 rings (SSSR count). The first-order valence-corrected chi connectivity index (χ1v) is 6.50. The minimum Gasteiger partial charge on any atom is -0.480 e. The van der Waals surface area contributed by atoms with Gasteiger partial charge in [-0.2, -0.15) is 5.10 Å². The molecular formula is C13H17N3O4. The summed E-state index contributed by atoms with van der Waals surface area (Å²) in [7, 11) is 1.45. The van der Waals surface area contributed by atoms with Gasteiger partial charge in [0, 0.05) is 19.7 Å². The van der Waals surface area contributed by atoms with Gasteiger partial charge in [-0.15, -0.1) is 0 Å². The molecule has 0 bridgehead atoms. The van der Waals surface area contributed by atoms with Gasteiger partial charge in [0.1, 0.15) is 11.7 Å². The molecule has 1 amide bonds. The fraction of sp³-hybridized carbons (Fsp3) is 0.538. The maximum absolute atomic E-state index is 12.4. The summed E-state index contributed by atoms with van der Waals surface area (Å²) in [5, 5.41) is 13.2. The van der Waals surface area contributed by atoms with Crippen LogP contribution in [0.25, 0.3) is 0 Å². The minimum absolute atomic E-state index is 0.0902. The van der Waals surface area contributed by atoms with Gasteiger partial charge in [0.2, 0.25) is 0 Å². The van der Waals surface area contributed by atoms with Crippen molar-refractivity contribution in [3.05, 3.63) is 28.2 Å². The van der Waals surface area contributed by atoms with Crippen LogP contribution >= 0.6 is 0 Å². The first-order chi connectivity index (χ1) is 9.41. The molecule has 20 heavy (non-hydrogen) atoms. The zero-order chi connectivity index (χ0) is 14.9. The maximum Gasteiger partial charge on any atom is 0.326 e. The predicted octanol–water partition coefficient (Wildman–Crippen LogP) is 0.106. The van der Waals surface area contributed by atoms with Gasteiger partial charge in [0.25, 0.3) is 11.5 Å². The molecule has 1 aliphatic rings. The molecule has 0 aromatic carbocycles. The highest BCUT2D eigenvalue weighted by Gasteiger charge is 2.37. The lowest BCUT2D eigenvalue weighted by Gasteiger charge is -2.37. The molecule has 1 aromatic heterocycles. The Labute approximate surface area is 115 Å². The summed E-state index contributed by atoms with van der Waals surface area (Å²) in [6.45, 7) is 2.22. The standard InChI is InChI=1S/C13H17N3O4/c1-8-4-3-7-16(11(8)13(19)20)12(18)9-5-6-10(17)15(2)14-9/h5-6,8,11H,3-4,7H2,1-2H3,(H,19,20). The number of hydrogen-bond acceptors (Lipinski definition) is 4. The van der Waals surface area contributed by atoms with E-state index in [4.69, 9.17) is 0 Å². The van der Waals surface area contributed by atoms with E-state index in [2.05, 4.69) is 5.10 Å². The van der Waals surface area contributed by atoms with Gasteiger partial charge in [-0.25, -0.2) is 9.48 Å². The Morgan fingerprint density at radius 2 is 2.10 bits per heavy atom. The molecule has 1 N–H and O–H groups in total. The molecule has 108 valence electrons. The second kappa shape index (κ2) is 5.44. The van der Waals surface area contributed by atoms with Crippen LogP contribution in [-0.4, -0.2) is 44.3 Å². The number of aromatic nitrogens is 2. The number of aryl methyl sites for hydroxylation is 1. The van der Waals surface area contributed by atoms with Crippen molar-refractivity contribution in [1.29, 1.82) is 0 Å². The van der Waals surface area contributed by atoms with Crippen LogP contribution in [-0.2, 0) is 11.8 Å². The monoisotopic (exact) mass is 279 g/mol. The largest absolute Gasteiger partial charge is 0.480 e. The molecule has 0 aliphatic carbocycles. The topological polar surface area (TPSA) is 92.5 Å². The zero-order valence-electron chi connectivity index (χ0n) is 11.4. The molecule has 7 nitrogen and oxygen atoms in total. The third kappa shape index (κ3) is 2.56. The van der Waals surface area contributed by atoms with Crippen molar-refractivity contribution in [2.75, 3.05) is 6.54 Å². The summed E-state index contributed by atoms with van der Waals surface area (Å²) >= 11 is 0. The van der Waals surface area contributed by atoms with Crippen molar-refractivity contribution in [2.45, 2.75) is 25.8 Å². The van der Waals surface area contributed by atoms with Crippen LogP contribution < -0.4 is 5.56 Å². The van der Waals surface area contributed by atoms with Crippen molar-refractivity contribution < 1.29 is 14.7 Å². The number of amides is 1. The SMILES string of the molecule is CC1CCCN(C(=O)c2ccc(=O)n(C)n2)C1C(=O)O. The Morgan fingerprint density at radius 1 is 1.40 bits per heavy atom. The Balaban J connectivity index is 2.32. The lowest BCUT2D eigenvalue weighted by atomic mass is 9.90. The normalized spacial score (nSPS) is 22.6. The first-order valence-electron chi connectivity index (χ1n) is 6.50. The highest BCUT2D eigenvalue weighted by atomic mass is 16.4. The molecule has 2 atom stereocenters. The molecule has 1 fully saturated rings. The van der Waals surface area contributed by atoms with Crippen LogP contribution in [0, 0.1) is 5.92 Å². The Hall–Kier alpha value is -2.18. The van der Waals surface area contributed by atoms with Crippen LogP contribution in [0.1, 0.15) is 30.3 Å². The molecule has 7 heteroatoms. The van der Waals surface area contributed by atoms with Crippen LogP contribution in [0.5, 0.6) is 0 Å². The number of likely N-dealkylation sites (tertiary alicyclic amines) is 1. The molecule has 2 unspecified atom stereocenters. The molecule has 1 aromatic rings. The number of carboxylic acid groups (broad SMARTS) is 1. The number of carboxylic acids is 1. The highest BCUT2D eigenvalue weighted by Crippen LogP contribution is 2.24. The number of carbonyl (C=O) groups excluding carboxylic acids is 1. The number of aliphatic carboxylic acids is 1. The number of hydrogen-bond donors (Lipinski definition) is 1. The molecule has 0 spiro atoms. The average molecular weight is 279 g/mol. The van der Waals surface area contributed by atoms with E-state index in [1.807, 2.05) is 6.92 Å². The van der Waals surface area contributed by atoms with E-state index >= 15 is 0 Å². The van der Waals surface area contributed by atoms with E-state index in [0.717, 1.165) is 17.5 Å². The summed E-state index contributed by atoms with van der Waals surface area (Å²) in [6, 6.07) is 1.75. The van der Waals surface area contributed by atoms with Crippen molar-refractivity contribution >= 4 is 11.9 Å². The van der Waals surface area contributed by atoms with Crippen molar-refractivity contribution in [1.82, 2.24) is 14.7 Å². The van der Waals surface area contributed by atoms with Gasteiger partial charge < -0.3 is 10.0 Å². The van der Waals surface area contributed by atoms with Crippen LogP contribution in [0.15, 0.2) is 16.9 Å². The molecule has 2 heterocycles. The number of carbonyl (C=O) groups is 2. The minimum atomic E-state index is -1.00. The van der Waals surface area contributed by atoms with E-state index in [0.29, 0.717) is 6.54 Å². The van der Waals surface area contributed by atoms with E-state index in [9.17, 15) is 19.5 Å². The molecule has 1 saturated heterocycles. The Kier molecular flexibility index (Phi) is 3.87. The number of rotatable bonds is 2. The Bertz CT molecular complexity index is 596. The summed E-state index contributed by atoms with van der Waals surface area (Å²) in [6.07, 6.45) is 1.55. The van der Waals surface area contributed by atoms with Gasteiger partial charge in [0.05, 0.1) is 0 Å². The van der Waals surface area contributed by atoms with E-state index in [1.54, 1.807) is 0 Å². The van der Waals surface area contributed by atoms with Crippen LogP contribution in [0.2, 0.25) is 0 Å². The summed E-state index contributed by atoms with van der Waals surface area (Å²) in [5.74, 6) is -1.55. The van der Waals surface area contributed by atoms with Gasteiger partial charge in [-0.1, -0.05) is 6.92 Å². The maximum atomic E-state index is 12.4. The van der Waals surface area contributed by atoms with E-state index in [1.165, 1.54) is 24.1 Å². The lowest BCUT2D eigenvalue weighted by molar-refractivity contribution is -0.145. The number of piperidine rings is 1. The predicted molar refractivity (Wildman–Crippen MR) is 70.3 cm³/mol. The van der Waals surface area contributed by atoms with Crippen molar-refractivity contribution in [2.24, 2.45) is 13.0 Å². The quantitative estimate of drug-likeness (QED) is 0.829. The van der Waals surface area contributed by atoms with Crippen LogP contribution in [0.4, 0.5) is 0 Å². The van der Waals surface area contributed by atoms with Gasteiger partial charge in [-0.05, 0) is 24.8 Å². The second-order valence-corrected chi connectivity index (χ2v) is 5.08. The Morgan fingerprint density at radius 3 is 2.70 bits per heavy atom. The fourth-order valence-electron chi connectivity index (χ4n) is 2.56. The molecular weight excluding hydrogens is 262 g/mol.